The molecule has 0 bridgehead atoms. The summed E-state index contributed by atoms with van der Waals surface area (Å²) in [7, 11) is 0. The highest BCUT2D eigenvalue weighted by Crippen LogP contribution is 2.32. The van der Waals surface area contributed by atoms with Gasteiger partial charge in [0, 0.05) is 51.7 Å². The Labute approximate surface area is 196 Å². The highest BCUT2D eigenvalue weighted by Gasteiger charge is 2.32. The number of para-hydroxylation sites is 1. The van der Waals surface area contributed by atoms with E-state index in [9.17, 15) is 5.26 Å². The van der Waals surface area contributed by atoms with Crippen LogP contribution >= 0.6 is 11.3 Å². The SMILES string of the molecule is CC#N.N#CCC1C=CN=C(N2CCN(c3cnccn3)CC2)N1c1nc2ccccc2s1. The van der Waals surface area contributed by atoms with Crippen molar-refractivity contribution < 1.29 is 0 Å². The number of piperazine rings is 1. The number of nitrogens with zero attached hydrogens (tertiary/aromatic N) is 9. The third kappa shape index (κ3) is 4.92. The summed E-state index contributed by atoms with van der Waals surface area (Å²) in [6, 6.07) is 12.1. The average molecular weight is 458 g/mol. The van der Waals surface area contributed by atoms with Crippen molar-refractivity contribution in [2.75, 3.05) is 36.0 Å². The van der Waals surface area contributed by atoms with Gasteiger partial charge in [0.25, 0.3) is 0 Å². The van der Waals surface area contributed by atoms with E-state index >= 15 is 0 Å². The van der Waals surface area contributed by atoms with Gasteiger partial charge < -0.3 is 9.80 Å². The van der Waals surface area contributed by atoms with Gasteiger partial charge in [0.05, 0.1) is 41.0 Å². The molecule has 0 radical (unpaired) electrons. The Balaban J connectivity index is 0.000000821. The van der Waals surface area contributed by atoms with Gasteiger partial charge in [0.1, 0.15) is 5.82 Å². The molecule has 1 aromatic carbocycles. The van der Waals surface area contributed by atoms with Crippen LogP contribution < -0.4 is 9.80 Å². The Morgan fingerprint density at radius 1 is 1.09 bits per heavy atom. The number of rotatable bonds is 3. The number of fused-ring (bicyclic) bond motifs is 1. The maximum absolute atomic E-state index is 9.38. The van der Waals surface area contributed by atoms with Crippen molar-refractivity contribution in [2.24, 2.45) is 4.99 Å². The predicted octanol–water partition coefficient (Wildman–Crippen LogP) is 3.41. The van der Waals surface area contributed by atoms with Gasteiger partial charge in [-0.05, 0) is 18.2 Å². The standard InChI is InChI=1S/C21H20N8S.C2H3N/c22-7-5-16-6-8-25-20(29(16)21-26-17-3-1-2-4-18(17)30-21)28-13-11-27(12-14-28)19-15-23-9-10-24-19;1-2-3/h1-4,6,8-10,15-16H,5,11-14H2;1H3. The predicted molar refractivity (Wildman–Crippen MR) is 130 cm³/mol. The molecule has 1 saturated heterocycles. The van der Waals surface area contributed by atoms with Crippen LogP contribution in [0.25, 0.3) is 10.2 Å². The van der Waals surface area contributed by atoms with Crippen molar-refractivity contribution in [3.63, 3.8) is 0 Å². The zero-order valence-corrected chi connectivity index (χ0v) is 19.1. The number of benzene rings is 1. The fourth-order valence-electron chi connectivity index (χ4n) is 3.77. The Morgan fingerprint density at radius 3 is 2.55 bits per heavy atom. The number of hydrogen-bond acceptors (Lipinski definition) is 10. The molecule has 0 spiro atoms. The lowest BCUT2D eigenvalue weighted by Gasteiger charge is -2.41. The third-order valence-corrected chi connectivity index (χ3v) is 6.31. The lowest BCUT2D eigenvalue weighted by atomic mass is 10.1. The molecule has 1 atom stereocenters. The summed E-state index contributed by atoms with van der Waals surface area (Å²) in [5.74, 6) is 1.75. The minimum absolute atomic E-state index is 0.0823. The van der Waals surface area contributed by atoms with Crippen molar-refractivity contribution in [3.8, 4) is 12.1 Å². The van der Waals surface area contributed by atoms with Crippen molar-refractivity contribution >= 4 is 38.5 Å². The quantitative estimate of drug-likeness (QED) is 0.589. The molecule has 2 aromatic heterocycles. The van der Waals surface area contributed by atoms with Crippen LogP contribution in [0.2, 0.25) is 0 Å². The molecule has 3 aromatic rings. The van der Waals surface area contributed by atoms with Crippen LogP contribution in [0.5, 0.6) is 0 Å². The van der Waals surface area contributed by atoms with Crippen LogP contribution in [0.3, 0.4) is 0 Å². The van der Waals surface area contributed by atoms with Gasteiger partial charge in [-0.3, -0.25) is 9.88 Å². The molecule has 0 amide bonds. The maximum Gasteiger partial charge on any atom is 0.208 e. The molecule has 1 unspecified atom stereocenters. The molecule has 4 heterocycles. The number of hydrogen-bond donors (Lipinski definition) is 0. The van der Waals surface area contributed by atoms with Crippen molar-refractivity contribution in [2.45, 2.75) is 19.4 Å². The Bertz CT molecular complexity index is 1180. The highest BCUT2D eigenvalue weighted by atomic mass is 32.1. The van der Waals surface area contributed by atoms with Gasteiger partial charge in [-0.15, -0.1) is 0 Å². The van der Waals surface area contributed by atoms with Crippen LogP contribution in [0, 0.1) is 22.7 Å². The zero-order valence-electron chi connectivity index (χ0n) is 18.2. The van der Waals surface area contributed by atoms with E-state index in [2.05, 4.69) is 36.8 Å². The third-order valence-electron chi connectivity index (χ3n) is 5.27. The maximum atomic E-state index is 9.38. The molecular formula is C23H23N9S. The Morgan fingerprint density at radius 2 is 1.85 bits per heavy atom. The number of guanidine groups is 1. The number of aromatic nitrogens is 3. The molecule has 2 aliphatic heterocycles. The van der Waals surface area contributed by atoms with Gasteiger partial charge in [0.15, 0.2) is 5.13 Å². The Hall–Kier alpha value is -4.02. The fraction of sp³-hybridized carbons (Fsp3) is 0.304. The summed E-state index contributed by atoms with van der Waals surface area (Å²) < 4.78 is 1.13. The topological polar surface area (TPSA) is 108 Å². The monoisotopic (exact) mass is 457 g/mol. The van der Waals surface area contributed by atoms with E-state index in [0.29, 0.717) is 6.42 Å². The molecule has 0 N–H and O–H groups in total. The first kappa shape index (κ1) is 22.2. The van der Waals surface area contributed by atoms with Crippen molar-refractivity contribution in [1.82, 2.24) is 19.9 Å². The number of thiazole rings is 1. The first-order valence-electron chi connectivity index (χ1n) is 10.6. The van der Waals surface area contributed by atoms with E-state index in [0.717, 1.165) is 53.3 Å². The van der Waals surface area contributed by atoms with Gasteiger partial charge in [0.2, 0.25) is 5.96 Å². The second kappa shape index (κ2) is 10.5. The second-order valence-corrected chi connectivity index (χ2v) is 8.30. The van der Waals surface area contributed by atoms with Crippen LogP contribution in [0.1, 0.15) is 13.3 Å². The van der Waals surface area contributed by atoms with E-state index in [-0.39, 0.29) is 6.04 Å². The summed E-state index contributed by atoms with van der Waals surface area (Å²) in [4.78, 5) is 24.8. The Kier molecular flexibility index (Phi) is 7.08. The van der Waals surface area contributed by atoms with Crippen molar-refractivity contribution in [3.05, 3.63) is 55.1 Å². The van der Waals surface area contributed by atoms with E-state index in [1.54, 1.807) is 36.0 Å². The molecule has 5 rings (SSSR count). The van der Waals surface area contributed by atoms with Crippen molar-refractivity contribution in [1.29, 1.82) is 10.5 Å². The molecule has 0 saturated carbocycles. The largest absolute Gasteiger partial charge is 0.352 e. The minimum Gasteiger partial charge on any atom is -0.352 e. The molecular weight excluding hydrogens is 434 g/mol. The van der Waals surface area contributed by atoms with Gasteiger partial charge in [-0.2, -0.15) is 10.5 Å². The molecule has 10 heteroatoms. The molecule has 9 nitrogen and oxygen atoms in total. The second-order valence-electron chi connectivity index (χ2n) is 7.30. The number of nitriles is 2. The molecule has 1 fully saturated rings. The summed E-state index contributed by atoms with van der Waals surface area (Å²) in [6.07, 6.45) is 9.38. The lowest BCUT2D eigenvalue weighted by Crippen LogP contribution is -2.56. The zero-order chi connectivity index (χ0) is 23.0. The van der Waals surface area contributed by atoms with E-state index in [1.807, 2.05) is 30.5 Å². The van der Waals surface area contributed by atoms with E-state index in [1.165, 1.54) is 6.92 Å². The molecule has 166 valence electrons. The molecule has 33 heavy (non-hydrogen) atoms. The van der Waals surface area contributed by atoms with Crippen LogP contribution in [0.4, 0.5) is 10.9 Å². The number of aliphatic imine (C=N–C) groups is 1. The minimum atomic E-state index is -0.0823. The summed E-state index contributed by atoms with van der Waals surface area (Å²) >= 11 is 1.63. The fourth-order valence-corrected chi connectivity index (χ4v) is 4.79. The van der Waals surface area contributed by atoms with E-state index in [4.69, 9.17) is 15.2 Å². The summed E-state index contributed by atoms with van der Waals surface area (Å²) in [5.41, 5.74) is 0.967. The molecule has 0 aliphatic carbocycles. The van der Waals surface area contributed by atoms with Crippen LogP contribution in [0.15, 0.2) is 60.1 Å². The average Bonchev–Trinajstić information content (AvgIpc) is 3.29. The highest BCUT2D eigenvalue weighted by molar-refractivity contribution is 7.22. The lowest BCUT2D eigenvalue weighted by molar-refractivity contribution is 0.375. The first-order valence-corrected chi connectivity index (χ1v) is 11.4. The van der Waals surface area contributed by atoms with E-state index < -0.39 is 0 Å². The van der Waals surface area contributed by atoms with Crippen LogP contribution in [-0.2, 0) is 0 Å². The van der Waals surface area contributed by atoms with Gasteiger partial charge in [-0.25, -0.2) is 15.0 Å². The smallest absolute Gasteiger partial charge is 0.208 e. The summed E-state index contributed by atoms with van der Waals surface area (Å²) in [5, 5.41) is 17.6. The van der Waals surface area contributed by atoms with Gasteiger partial charge >= 0.3 is 0 Å². The number of anilines is 2. The van der Waals surface area contributed by atoms with Gasteiger partial charge in [-0.1, -0.05) is 23.5 Å². The van der Waals surface area contributed by atoms with Crippen LogP contribution in [-0.4, -0.2) is 58.0 Å². The molecule has 2 aliphatic rings. The first-order chi connectivity index (χ1) is 16.2. The normalized spacial score (nSPS) is 17.6. The summed E-state index contributed by atoms with van der Waals surface area (Å²) in [6.45, 7) is 4.71.